The summed E-state index contributed by atoms with van der Waals surface area (Å²) in [5.74, 6) is 0.426. The summed E-state index contributed by atoms with van der Waals surface area (Å²) in [5, 5.41) is 8.13. The smallest absolute Gasteiger partial charge is 0.321 e. The lowest BCUT2D eigenvalue weighted by atomic mass is 9.94. The third-order valence-electron chi connectivity index (χ3n) is 3.95. The van der Waals surface area contributed by atoms with Crippen LogP contribution in [0.4, 0.5) is 6.01 Å². The molecule has 2 aromatic rings. The number of ether oxygens (including phenoxy) is 2. The molecule has 0 radical (unpaired) electrons. The first kappa shape index (κ1) is 16.5. The summed E-state index contributed by atoms with van der Waals surface area (Å²) in [6.07, 6.45) is 1.64. The standard InChI is InChI=1S/C15H17Cl2N3O3/c1-21-15(2-4-22-5-3-15)9-18-14-19-13(20-23-14)10-6-11(16)8-12(17)7-10/h6-8H,2-5,9H2,1H3,(H,18,19,20). The van der Waals surface area contributed by atoms with Crippen LogP contribution >= 0.6 is 23.2 Å². The molecular formula is C15H17Cl2N3O3. The number of rotatable bonds is 5. The Bertz CT molecular complexity index is 651. The van der Waals surface area contributed by atoms with E-state index in [1.807, 2.05) is 0 Å². The van der Waals surface area contributed by atoms with Gasteiger partial charge < -0.3 is 19.3 Å². The molecule has 23 heavy (non-hydrogen) atoms. The van der Waals surface area contributed by atoms with Crippen molar-refractivity contribution < 1.29 is 14.0 Å². The Hall–Kier alpha value is -1.34. The average molecular weight is 358 g/mol. The molecule has 1 aliphatic heterocycles. The second-order valence-electron chi connectivity index (χ2n) is 5.43. The number of nitrogens with zero attached hydrogens (tertiary/aromatic N) is 2. The van der Waals surface area contributed by atoms with Gasteiger partial charge in [0.25, 0.3) is 0 Å². The Morgan fingerprint density at radius 2 is 1.91 bits per heavy atom. The zero-order valence-corrected chi connectivity index (χ0v) is 14.2. The maximum absolute atomic E-state index is 5.99. The highest BCUT2D eigenvalue weighted by Gasteiger charge is 2.32. The highest BCUT2D eigenvalue weighted by molar-refractivity contribution is 6.35. The number of hydrogen-bond donors (Lipinski definition) is 1. The fourth-order valence-electron chi connectivity index (χ4n) is 2.53. The normalized spacial score (nSPS) is 17.2. The zero-order valence-electron chi connectivity index (χ0n) is 12.6. The third kappa shape index (κ3) is 3.95. The summed E-state index contributed by atoms with van der Waals surface area (Å²) in [6, 6.07) is 5.45. The minimum atomic E-state index is -0.272. The van der Waals surface area contributed by atoms with E-state index in [0.717, 1.165) is 12.8 Å². The van der Waals surface area contributed by atoms with Gasteiger partial charge >= 0.3 is 6.01 Å². The van der Waals surface area contributed by atoms with E-state index in [4.69, 9.17) is 37.2 Å². The first-order valence-electron chi connectivity index (χ1n) is 7.27. The number of methoxy groups -OCH3 is 1. The van der Waals surface area contributed by atoms with Gasteiger partial charge in [-0.25, -0.2) is 0 Å². The Morgan fingerprint density at radius 3 is 2.57 bits per heavy atom. The van der Waals surface area contributed by atoms with E-state index in [2.05, 4.69) is 15.5 Å². The summed E-state index contributed by atoms with van der Waals surface area (Å²) >= 11 is 12.0. The van der Waals surface area contributed by atoms with Crippen LogP contribution in [0.1, 0.15) is 12.8 Å². The number of hydrogen-bond acceptors (Lipinski definition) is 6. The molecule has 1 fully saturated rings. The van der Waals surface area contributed by atoms with Crippen LogP contribution in [0.25, 0.3) is 11.4 Å². The predicted octanol–water partition coefficient (Wildman–Crippen LogP) is 3.65. The van der Waals surface area contributed by atoms with Crippen molar-refractivity contribution >= 4 is 29.2 Å². The fourth-order valence-corrected chi connectivity index (χ4v) is 3.05. The SMILES string of the molecule is COC1(CNc2nc(-c3cc(Cl)cc(Cl)c3)no2)CCOCC1. The molecule has 0 spiro atoms. The van der Waals surface area contributed by atoms with Crippen molar-refractivity contribution in [1.29, 1.82) is 0 Å². The van der Waals surface area contributed by atoms with E-state index >= 15 is 0 Å². The van der Waals surface area contributed by atoms with Crippen molar-refractivity contribution in [2.75, 3.05) is 32.2 Å². The topological polar surface area (TPSA) is 69.4 Å². The zero-order chi connectivity index (χ0) is 16.3. The van der Waals surface area contributed by atoms with Crippen molar-refractivity contribution in [3.05, 3.63) is 28.2 Å². The molecule has 3 rings (SSSR count). The van der Waals surface area contributed by atoms with Gasteiger partial charge in [0.1, 0.15) is 0 Å². The number of halogens is 2. The van der Waals surface area contributed by atoms with Crippen LogP contribution in [-0.2, 0) is 9.47 Å². The molecule has 0 atom stereocenters. The molecule has 6 nitrogen and oxygen atoms in total. The van der Waals surface area contributed by atoms with E-state index in [0.29, 0.717) is 47.2 Å². The minimum Gasteiger partial charge on any atom is -0.381 e. The summed E-state index contributed by atoms with van der Waals surface area (Å²) in [5.41, 5.74) is 0.429. The van der Waals surface area contributed by atoms with Gasteiger partial charge in [0.15, 0.2) is 0 Å². The molecule has 1 N–H and O–H groups in total. The molecule has 8 heteroatoms. The molecule has 1 aliphatic rings. The highest BCUT2D eigenvalue weighted by atomic mass is 35.5. The van der Waals surface area contributed by atoms with Gasteiger partial charge in [-0.3, -0.25) is 0 Å². The van der Waals surface area contributed by atoms with Gasteiger partial charge in [-0.2, -0.15) is 4.98 Å². The maximum Gasteiger partial charge on any atom is 0.321 e. The number of benzene rings is 1. The monoisotopic (exact) mass is 357 g/mol. The molecule has 0 amide bonds. The Balaban J connectivity index is 1.69. The van der Waals surface area contributed by atoms with Crippen LogP contribution in [0.5, 0.6) is 0 Å². The van der Waals surface area contributed by atoms with Crippen molar-refractivity contribution in [2.24, 2.45) is 0 Å². The highest BCUT2D eigenvalue weighted by Crippen LogP contribution is 2.27. The van der Waals surface area contributed by atoms with E-state index in [9.17, 15) is 0 Å². The third-order valence-corrected chi connectivity index (χ3v) is 4.38. The molecule has 2 heterocycles. The van der Waals surface area contributed by atoms with Crippen LogP contribution in [0.2, 0.25) is 10.0 Å². The molecular weight excluding hydrogens is 341 g/mol. The first-order valence-corrected chi connectivity index (χ1v) is 8.03. The van der Waals surface area contributed by atoms with E-state index in [1.54, 1.807) is 25.3 Å². The summed E-state index contributed by atoms with van der Waals surface area (Å²) < 4.78 is 16.3. The van der Waals surface area contributed by atoms with Crippen molar-refractivity contribution in [2.45, 2.75) is 18.4 Å². The molecule has 0 bridgehead atoms. The van der Waals surface area contributed by atoms with Gasteiger partial charge in [0, 0.05) is 55.3 Å². The van der Waals surface area contributed by atoms with E-state index in [-0.39, 0.29) is 5.60 Å². The minimum absolute atomic E-state index is 0.272. The van der Waals surface area contributed by atoms with Crippen molar-refractivity contribution in [3.63, 3.8) is 0 Å². The molecule has 124 valence electrons. The average Bonchev–Trinajstić information content (AvgIpc) is 3.02. The molecule has 1 aromatic heterocycles. The maximum atomic E-state index is 5.99. The summed E-state index contributed by atoms with van der Waals surface area (Å²) in [7, 11) is 1.71. The van der Waals surface area contributed by atoms with E-state index < -0.39 is 0 Å². The van der Waals surface area contributed by atoms with E-state index in [1.165, 1.54) is 0 Å². The van der Waals surface area contributed by atoms with Gasteiger partial charge in [-0.05, 0) is 18.2 Å². The lowest BCUT2D eigenvalue weighted by Crippen LogP contribution is -2.44. The van der Waals surface area contributed by atoms with Crippen LogP contribution in [-0.4, -0.2) is 42.6 Å². The van der Waals surface area contributed by atoms with Crippen LogP contribution in [0, 0.1) is 0 Å². The molecule has 0 unspecified atom stereocenters. The predicted molar refractivity (Wildman–Crippen MR) is 88.0 cm³/mol. The number of aromatic nitrogens is 2. The Morgan fingerprint density at radius 1 is 1.22 bits per heavy atom. The van der Waals surface area contributed by atoms with Crippen LogP contribution in [0.3, 0.4) is 0 Å². The van der Waals surface area contributed by atoms with Gasteiger partial charge in [-0.15, -0.1) is 0 Å². The number of nitrogens with one attached hydrogen (secondary N) is 1. The van der Waals surface area contributed by atoms with Crippen LogP contribution in [0.15, 0.2) is 22.7 Å². The molecule has 1 saturated heterocycles. The van der Waals surface area contributed by atoms with Gasteiger partial charge in [0.05, 0.1) is 5.60 Å². The lowest BCUT2D eigenvalue weighted by molar-refractivity contribution is -0.0809. The summed E-state index contributed by atoms with van der Waals surface area (Å²) in [4.78, 5) is 4.32. The number of anilines is 1. The summed E-state index contributed by atoms with van der Waals surface area (Å²) in [6.45, 7) is 1.95. The Kier molecular flexibility index (Phi) is 5.06. The molecule has 0 aliphatic carbocycles. The largest absolute Gasteiger partial charge is 0.381 e. The van der Waals surface area contributed by atoms with Crippen LogP contribution < -0.4 is 5.32 Å². The second-order valence-corrected chi connectivity index (χ2v) is 6.31. The van der Waals surface area contributed by atoms with Gasteiger partial charge in [-0.1, -0.05) is 28.4 Å². The second kappa shape index (κ2) is 7.05. The lowest BCUT2D eigenvalue weighted by Gasteiger charge is -2.35. The molecule has 1 aromatic carbocycles. The first-order chi connectivity index (χ1) is 11.1. The quantitative estimate of drug-likeness (QED) is 0.880. The Labute approximate surface area is 144 Å². The van der Waals surface area contributed by atoms with Gasteiger partial charge in [0.2, 0.25) is 5.82 Å². The molecule has 0 saturated carbocycles. The van der Waals surface area contributed by atoms with Crippen molar-refractivity contribution in [3.8, 4) is 11.4 Å². The van der Waals surface area contributed by atoms with Crippen molar-refractivity contribution in [1.82, 2.24) is 10.1 Å². The fraction of sp³-hybridized carbons (Fsp3) is 0.467.